The van der Waals surface area contributed by atoms with E-state index in [-0.39, 0.29) is 0 Å². The van der Waals surface area contributed by atoms with Crippen LogP contribution in [0.4, 0.5) is 0 Å². The number of benzene rings is 1. The van der Waals surface area contributed by atoms with Gasteiger partial charge in [0.25, 0.3) is 0 Å². The third-order valence-corrected chi connectivity index (χ3v) is 5.48. The van der Waals surface area contributed by atoms with Crippen molar-refractivity contribution in [3.05, 3.63) is 45.4 Å². The van der Waals surface area contributed by atoms with Crippen LogP contribution in [0.1, 0.15) is 40.6 Å². The number of rotatable bonds is 6. The molecule has 1 aromatic heterocycles. The van der Waals surface area contributed by atoms with Crippen LogP contribution < -0.4 is 0 Å². The topological polar surface area (TPSA) is 116 Å². The Kier molecular flexibility index (Phi) is 6.33. The Morgan fingerprint density at radius 1 is 1.08 bits per heavy atom. The zero-order chi connectivity index (χ0) is 18.7. The zero-order valence-corrected chi connectivity index (χ0v) is 15.3. The van der Waals surface area contributed by atoms with Gasteiger partial charge >= 0.3 is 0 Å². The van der Waals surface area contributed by atoms with Crippen LogP contribution in [0.5, 0.6) is 0 Å². The van der Waals surface area contributed by atoms with Gasteiger partial charge in [-0.3, -0.25) is 0 Å². The summed E-state index contributed by atoms with van der Waals surface area (Å²) in [5.74, 6) is 0. The molecule has 0 aliphatic carbocycles. The largest absolute Gasteiger partial charge is 0.394 e. The van der Waals surface area contributed by atoms with E-state index in [2.05, 4.69) is 17.1 Å². The van der Waals surface area contributed by atoms with E-state index in [1.807, 2.05) is 18.2 Å². The van der Waals surface area contributed by atoms with E-state index < -0.39 is 37.1 Å². The first-order valence-corrected chi connectivity index (χ1v) is 9.55. The lowest BCUT2D eigenvalue weighted by molar-refractivity contribution is -0.231. The molecule has 0 unspecified atom stereocenters. The lowest BCUT2D eigenvalue weighted by Crippen LogP contribution is -2.55. The maximum absolute atomic E-state index is 10.3. The maximum atomic E-state index is 10.3. The Hall–Kier alpha value is -1.42. The van der Waals surface area contributed by atoms with Gasteiger partial charge in [-0.1, -0.05) is 31.2 Å². The van der Waals surface area contributed by atoms with Gasteiger partial charge in [0.15, 0.2) is 0 Å². The lowest BCUT2D eigenvalue weighted by atomic mass is 9.90. The standard InChI is InChI=1S/C18H24N2O5S/c1-2-4-13-19-20-14(26-13)8-10-5-3-6-11(7-10)18-17(24)16(23)15(22)12(9-21)25-18/h3,5-7,12,15-18,21-24H,2,4,8-9H2,1H3/t12-,15-,16+,17-,18+/m1/s1. The minimum atomic E-state index is -1.38. The number of ether oxygens (including phenoxy) is 1. The molecule has 7 nitrogen and oxygen atoms in total. The van der Waals surface area contributed by atoms with Crippen LogP contribution in [0.25, 0.3) is 0 Å². The first kappa shape index (κ1) is 19.3. The van der Waals surface area contributed by atoms with E-state index in [0.717, 1.165) is 28.4 Å². The van der Waals surface area contributed by atoms with Crippen LogP contribution in [0.3, 0.4) is 0 Å². The molecule has 3 rings (SSSR count). The van der Waals surface area contributed by atoms with Gasteiger partial charge in [0.2, 0.25) is 0 Å². The lowest BCUT2D eigenvalue weighted by Gasteiger charge is -2.40. The van der Waals surface area contributed by atoms with Crippen molar-refractivity contribution in [2.75, 3.05) is 6.61 Å². The molecule has 1 aliphatic heterocycles. The highest BCUT2D eigenvalue weighted by Crippen LogP contribution is 2.33. The molecule has 8 heteroatoms. The van der Waals surface area contributed by atoms with Gasteiger partial charge in [0, 0.05) is 12.8 Å². The second-order valence-corrected chi connectivity index (χ2v) is 7.66. The average Bonchev–Trinajstić information content (AvgIpc) is 3.07. The molecule has 0 spiro atoms. The minimum absolute atomic E-state index is 0.438. The second-order valence-electron chi connectivity index (χ2n) is 6.51. The third-order valence-electron chi connectivity index (χ3n) is 4.50. The Morgan fingerprint density at radius 2 is 1.85 bits per heavy atom. The zero-order valence-electron chi connectivity index (χ0n) is 14.5. The van der Waals surface area contributed by atoms with Crippen LogP contribution >= 0.6 is 11.3 Å². The number of aliphatic hydroxyl groups is 4. The molecule has 0 bridgehead atoms. The molecule has 4 N–H and O–H groups in total. The van der Waals surface area contributed by atoms with Crippen molar-refractivity contribution in [3.63, 3.8) is 0 Å². The van der Waals surface area contributed by atoms with Gasteiger partial charge in [-0.05, 0) is 17.5 Å². The van der Waals surface area contributed by atoms with E-state index in [1.54, 1.807) is 17.4 Å². The van der Waals surface area contributed by atoms with Gasteiger partial charge in [-0.25, -0.2) is 0 Å². The van der Waals surface area contributed by atoms with E-state index in [1.165, 1.54) is 0 Å². The Morgan fingerprint density at radius 3 is 2.58 bits per heavy atom. The van der Waals surface area contributed by atoms with E-state index in [9.17, 15) is 20.4 Å². The normalized spacial score (nSPS) is 29.0. The van der Waals surface area contributed by atoms with Crippen LogP contribution in [-0.2, 0) is 17.6 Å². The summed E-state index contributed by atoms with van der Waals surface area (Å²) in [6, 6.07) is 7.47. The maximum Gasteiger partial charge on any atom is 0.121 e. The molecular weight excluding hydrogens is 356 g/mol. The number of aliphatic hydroxyl groups excluding tert-OH is 4. The van der Waals surface area contributed by atoms with Crippen molar-refractivity contribution in [1.29, 1.82) is 0 Å². The molecule has 2 aromatic rings. The number of aryl methyl sites for hydroxylation is 1. The van der Waals surface area contributed by atoms with Crippen molar-refractivity contribution in [3.8, 4) is 0 Å². The van der Waals surface area contributed by atoms with Crippen molar-refractivity contribution in [2.24, 2.45) is 0 Å². The molecule has 0 radical (unpaired) electrons. The van der Waals surface area contributed by atoms with Crippen molar-refractivity contribution >= 4 is 11.3 Å². The second kappa shape index (κ2) is 8.51. The Balaban J connectivity index is 1.77. The van der Waals surface area contributed by atoms with Crippen LogP contribution in [-0.4, -0.2) is 61.6 Å². The molecule has 2 heterocycles. The SMILES string of the molecule is CCCc1nnc(Cc2cccc([C@@H]3O[C@H](CO)[C@@H](O)[C@H](O)[C@H]3O)c2)s1. The summed E-state index contributed by atoms with van der Waals surface area (Å²) >= 11 is 1.59. The highest BCUT2D eigenvalue weighted by Gasteiger charge is 2.43. The summed E-state index contributed by atoms with van der Waals surface area (Å²) in [6.07, 6.45) is -3.18. The number of nitrogens with zero attached hydrogens (tertiary/aromatic N) is 2. The molecule has 1 saturated heterocycles. The highest BCUT2D eigenvalue weighted by molar-refractivity contribution is 7.11. The molecular formula is C18H24N2O5S. The van der Waals surface area contributed by atoms with Gasteiger partial charge < -0.3 is 25.2 Å². The molecule has 1 aliphatic rings. The molecule has 1 fully saturated rings. The van der Waals surface area contributed by atoms with E-state index in [0.29, 0.717) is 12.0 Å². The van der Waals surface area contributed by atoms with E-state index in [4.69, 9.17) is 4.74 Å². The molecule has 0 saturated carbocycles. The predicted octanol–water partition coefficient (Wildman–Crippen LogP) is 0.596. The van der Waals surface area contributed by atoms with Gasteiger partial charge in [0.1, 0.15) is 40.5 Å². The van der Waals surface area contributed by atoms with Gasteiger partial charge in [0.05, 0.1) is 6.61 Å². The fourth-order valence-corrected chi connectivity index (χ4v) is 4.09. The van der Waals surface area contributed by atoms with E-state index >= 15 is 0 Å². The average molecular weight is 380 g/mol. The first-order chi connectivity index (χ1) is 12.5. The van der Waals surface area contributed by atoms with Crippen molar-refractivity contribution in [2.45, 2.75) is 56.7 Å². The monoisotopic (exact) mass is 380 g/mol. The fraction of sp³-hybridized carbons (Fsp3) is 0.556. The van der Waals surface area contributed by atoms with Crippen LogP contribution in [0, 0.1) is 0 Å². The first-order valence-electron chi connectivity index (χ1n) is 8.74. The Bertz CT molecular complexity index is 723. The summed E-state index contributed by atoms with van der Waals surface area (Å²) < 4.78 is 5.62. The molecule has 5 atom stereocenters. The molecule has 142 valence electrons. The summed E-state index contributed by atoms with van der Waals surface area (Å²) in [5, 5.41) is 49.8. The Labute approximate surface area is 155 Å². The predicted molar refractivity (Wildman–Crippen MR) is 95.9 cm³/mol. The highest BCUT2D eigenvalue weighted by atomic mass is 32.1. The number of hydrogen-bond acceptors (Lipinski definition) is 8. The van der Waals surface area contributed by atoms with Gasteiger partial charge in [-0.15, -0.1) is 21.5 Å². The van der Waals surface area contributed by atoms with Crippen LogP contribution in [0.15, 0.2) is 24.3 Å². The van der Waals surface area contributed by atoms with Crippen molar-refractivity contribution in [1.82, 2.24) is 10.2 Å². The summed E-state index contributed by atoms with van der Waals surface area (Å²) in [6.45, 7) is 1.66. The fourth-order valence-electron chi connectivity index (χ4n) is 3.11. The summed E-state index contributed by atoms with van der Waals surface area (Å²) in [7, 11) is 0. The smallest absolute Gasteiger partial charge is 0.121 e. The number of aromatic nitrogens is 2. The molecule has 1 aromatic carbocycles. The summed E-state index contributed by atoms with van der Waals surface area (Å²) in [4.78, 5) is 0. The minimum Gasteiger partial charge on any atom is -0.394 e. The third kappa shape index (κ3) is 4.11. The van der Waals surface area contributed by atoms with Gasteiger partial charge in [-0.2, -0.15) is 0 Å². The molecule has 0 amide bonds. The quantitative estimate of drug-likeness (QED) is 0.580. The number of hydrogen-bond donors (Lipinski definition) is 4. The van der Waals surface area contributed by atoms with Crippen molar-refractivity contribution < 1.29 is 25.2 Å². The van der Waals surface area contributed by atoms with Crippen LogP contribution in [0.2, 0.25) is 0 Å². The molecule has 26 heavy (non-hydrogen) atoms. The summed E-state index contributed by atoms with van der Waals surface area (Å²) in [5.41, 5.74) is 1.66.